The van der Waals surface area contributed by atoms with Crippen LogP contribution in [0.1, 0.15) is 38.2 Å². The number of rotatable bonds is 4. The van der Waals surface area contributed by atoms with Gasteiger partial charge in [0.2, 0.25) is 0 Å². The normalized spacial score (nSPS) is 25.4. The lowest BCUT2D eigenvalue weighted by Crippen LogP contribution is -2.21. The van der Waals surface area contributed by atoms with E-state index in [1.165, 1.54) is 24.8 Å². The summed E-state index contributed by atoms with van der Waals surface area (Å²) in [5.41, 5.74) is 1.22. The Kier molecular flexibility index (Phi) is 4.46. The summed E-state index contributed by atoms with van der Waals surface area (Å²) in [6, 6.07) is 6.20. The second kappa shape index (κ2) is 6.49. The van der Waals surface area contributed by atoms with Gasteiger partial charge in [-0.15, -0.1) is 0 Å². The minimum atomic E-state index is 0.754. The quantitative estimate of drug-likeness (QED) is 0.914. The van der Waals surface area contributed by atoms with Gasteiger partial charge in [-0.3, -0.25) is 0 Å². The zero-order valence-electron chi connectivity index (χ0n) is 12.4. The molecule has 1 aliphatic carbocycles. The van der Waals surface area contributed by atoms with E-state index in [0.29, 0.717) is 0 Å². The van der Waals surface area contributed by atoms with E-state index in [1.807, 2.05) is 6.07 Å². The molecule has 0 aromatic heterocycles. The third-order valence-electron chi connectivity index (χ3n) is 4.40. The third kappa shape index (κ3) is 3.26. The number of benzene rings is 1. The molecule has 1 N–H and O–H groups in total. The van der Waals surface area contributed by atoms with Crippen LogP contribution >= 0.6 is 0 Å². The van der Waals surface area contributed by atoms with Gasteiger partial charge in [0.25, 0.3) is 0 Å². The minimum Gasteiger partial charge on any atom is -0.490 e. The predicted molar refractivity (Wildman–Crippen MR) is 80.3 cm³/mol. The molecule has 3 rings (SSSR count). The van der Waals surface area contributed by atoms with Crippen LogP contribution in [0.5, 0.6) is 11.5 Å². The van der Waals surface area contributed by atoms with Crippen molar-refractivity contribution >= 4 is 0 Å². The monoisotopic (exact) mass is 275 g/mol. The van der Waals surface area contributed by atoms with Crippen LogP contribution in [0.3, 0.4) is 0 Å². The molecule has 1 aromatic rings. The molecule has 0 radical (unpaired) electrons. The fourth-order valence-corrected chi connectivity index (χ4v) is 3.31. The van der Waals surface area contributed by atoms with Crippen molar-refractivity contribution in [1.29, 1.82) is 0 Å². The minimum absolute atomic E-state index is 0.754. The Labute approximate surface area is 121 Å². The Morgan fingerprint density at radius 1 is 1.20 bits per heavy atom. The Balaban J connectivity index is 1.57. The molecule has 0 saturated heterocycles. The van der Waals surface area contributed by atoms with Crippen molar-refractivity contribution in [3.05, 3.63) is 23.8 Å². The first-order valence-corrected chi connectivity index (χ1v) is 7.91. The molecule has 1 heterocycles. The number of hydrogen-bond donors (Lipinski definition) is 1. The van der Waals surface area contributed by atoms with Crippen LogP contribution in [0, 0.1) is 11.8 Å². The summed E-state index contributed by atoms with van der Waals surface area (Å²) in [7, 11) is 0. The Morgan fingerprint density at radius 3 is 2.95 bits per heavy atom. The van der Waals surface area contributed by atoms with Crippen LogP contribution in [-0.4, -0.2) is 19.8 Å². The van der Waals surface area contributed by atoms with Crippen LogP contribution in [0.2, 0.25) is 0 Å². The Bertz CT molecular complexity index is 447. The highest BCUT2D eigenvalue weighted by Gasteiger charge is 2.21. The second-order valence-electron chi connectivity index (χ2n) is 6.21. The Hall–Kier alpha value is -1.22. The molecule has 3 nitrogen and oxygen atoms in total. The van der Waals surface area contributed by atoms with E-state index in [1.54, 1.807) is 0 Å². The largest absolute Gasteiger partial charge is 0.490 e. The highest BCUT2D eigenvalue weighted by molar-refractivity contribution is 5.47. The first-order valence-electron chi connectivity index (χ1n) is 7.91. The van der Waals surface area contributed by atoms with Crippen LogP contribution in [0.15, 0.2) is 18.2 Å². The molecule has 0 bridgehead atoms. The second-order valence-corrected chi connectivity index (χ2v) is 6.21. The molecule has 2 atom stereocenters. The van der Waals surface area contributed by atoms with E-state index < -0.39 is 0 Å². The summed E-state index contributed by atoms with van der Waals surface area (Å²) in [5.74, 6) is 3.60. The van der Waals surface area contributed by atoms with Gasteiger partial charge in [0.15, 0.2) is 11.5 Å². The van der Waals surface area contributed by atoms with Crippen molar-refractivity contribution in [2.75, 3.05) is 19.8 Å². The predicted octanol–water partition coefficient (Wildman–Crippen LogP) is 3.37. The van der Waals surface area contributed by atoms with Crippen LogP contribution in [-0.2, 0) is 6.54 Å². The topological polar surface area (TPSA) is 30.5 Å². The molecule has 1 fully saturated rings. The average Bonchev–Trinajstić information content (AvgIpc) is 2.73. The SMILES string of the molecule is CC1CCC(CNCc2cccc3c2OCCCO3)C1. The molecule has 110 valence electrons. The van der Waals surface area contributed by atoms with Gasteiger partial charge in [-0.1, -0.05) is 25.5 Å². The van der Waals surface area contributed by atoms with Gasteiger partial charge in [-0.25, -0.2) is 0 Å². The molecule has 1 aromatic carbocycles. The standard InChI is InChI=1S/C17H25NO2/c1-13-6-7-14(10-13)11-18-12-15-4-2-5-16-17(15)20-9-3-8-19-16/h2,4-5,13-14,18H,3,6-12H2,1H3. The van der Waals surface area contributed by atoms with E-state index in [2.05, 4.69) is 24.4 Å². The molecule has 1 saturated carbocycles. The van der Waals surface area contributed by atoms with Gasteiger partial charge in [0, 0.05) is 18.5 Å². The lowest BCUT2D eigenvalue weighted by molar-refractivity contribution is 0.296. The van der Waals surface area contributed by atoms with Crippen molar-refractivity contribution in [3.8, 4) is 11.5 Å². The maximum absolute atomic E-state index is 5.85. The van der Waals surface area contributed by atoms with Crippen molar-refractivity contribution < 1.29 is 9.47 Å². The summed E-state index contributed by atoms with van der Waals surface area (Å²) in [6.07, 6.45) is 5.10. The number of ether oxygens (including phenoxy) is 2. The van der Waals surface area contributed by atoms with Gasteiger partial charge >= 0.3 is 0 Å². The molecular weight excluding hydrogens is 250 g/mol. The first-order chi connectivity index (χ1) is 9.83. The summed E-state index contributed by atoms with van der Waals surface area (Å²) in [4.78, 5) is 0. The molecule has 0 spiro atoms. The molecule has 3 heteroatoms. The zero-order valence-corrected chi connectivity index (χ0v) is 12.4. The summed E-state index contributed by atoms with van der Waals surface area (Å²) >= 11 is 0. The van der Waals surface area contributed by atoms with Crippen molar-refractivity contribution in [2.24, 2.45) is 11.8 Å². The van der Waals surface area contributed by atoms with Gasteiger partial charge < -0.3 is 14.8 Å². The zero-order chi connectivity index (χ0) is 13.8. The van der Waals surface area contributed by atoms with Crippen LogP contribution < -0.4 is 14.8 Å². The highest BCUT2D eigenvalue weighted by atomic mass is 16.5. The third-order valence-corrected chi connectivity index (χ3v) is 4.40. The van der Waals surface area contributed by atoms with Gasteiger partial charge in [-0.05, 0) is 37.3 Å². The number of para-hydroxylation sites is 1. The molecule has 1 aliphatic heterocycles. The lowest BCUT2D eigenvalue weighted by Gasteiger charge is -2.15. The lowest BCUT2D eigenvalue weighted by atomic mass is 10.1. The van der Waals surface area contributed by atoms with E-state index in [9.17, 15) is 0 Å². The van der Waals surface area contributed by atoms with E-state index >= 15 is 0 Å². The van der Waals surface area contributed by atoms with E-state index in [-0.39, 0.29) is 0 Å². The molecule has 0 amide bonds. The smallest absolute Gasteiger partial charge is 0.165 e. The van der Waals surface area contributed by atoms with E-state index in [4.69, 9.17) is 9.47 Å². The maximum atomic E-state index is 5.85. The van der Waals surface area contributed by atoms with Crippen molar-refractivity contribution in [1.82, 2.24) is 5.32 Å². The first kappa shape index (κ1) is 13.7. The molecule has 2 aliphatic rings. The molecular formula is C17H25NO2. The van der Waals surface area contributed by atoms with Gasteiger partial charge in [-0.2, -0.15) is 0 Å². The van der Waals surface area contributed by atoms with Gasteiger partial charge in [0.05, 0.1) is 13.2 Å². The summed E-state index contributed by atoms with van der Waals surface area (Å²) < 4.78 is 11.6. The van der Waals surface area contributed by atoms with E-state index in [0.717, 1.165) is 56.1 Å². The molecule has 20 heavy (non-hydrogen) atoms. The van der Waals surface area contributed by atoms with Crippen LogP contribution in [0.25, 0.3) is 0 Å². The summed E-state index contributed by atoms with van der Waals surface area (Å²) in [5, 5.41) is 3.60. The Morgan fingerprint density at radius 2 is 2.10 bits per heavy atom. The fraction of sp³-hybridized carbons (Fsp3) is 0.647. The summed E-state index contributed by atoms with van der Waals surface area (Å²) in [6.45, 7) is 5.86. The van der Waals surface area contributed by atoms with Crippen molar-refractivity contribution in [2.45, 2.75) is 39.2 Å². The number of fused-ring (bicyclic) bond motifs is 1. The fourth-order valence-electron chi connectivity index (χ4n) is 3.31. The number of hydrogen-bond acceptors (Lipinski definition) is 3. The van der Waals surface area contributed by atoms with Gasteiger partial charge in [0.1, 0.15) is 0 Å². The van der Waals surface area contributed by atoms with Crippen LogP contribution in [0.4, 0.5) is 0 Å². The number of nitrogens with one attached hydrogen (secondary N) is 1. The average molecular weight is 275 g/mol. The maximum Gasteiger partial charge on any atom is 0.165 e. The van der Waals surface area contributed by atoms with Crippen molar-refractivity contribution in [3.63, 3.8) is 0 Å². The molecule has 2 unspecified atom stereocenters. The highest BCUT2D eigenvalue weighted by Crippen LogP contribution is 2.33.